The standard InChI is InChI=1S/C21H16ClN3S/c22-19-15(11-14-5-1-3-7-17(14)23-19)12-26-21-16-6-2-4-8-18(16)24-20(25-21)13-9-10-13/h1-8,11,13H,9-10,12H2. The van der Waals surface area contributed by atoms with E-state index in [0.717, 1.165) is 44.0 Å². The Bertz CT molecular complexity index is 1120. The van der Waals surface area contributed by atoms with Gasteiger partial charge >= 0.3 is 0 Å². The van der Waals surface area contributed by atoms with Gasteiger partial charge in [0.25, 0.3) is 0 Å². The molecule has 4 aromatic rings. The Morgan fingerprint density at radius 2 is 1.69 bits per heavy atom. The van der Waals surface area contributed by atoms with Crippen molar-refractivity contribution in [1.82, 2.24) is 15.0 Å². The summed E-state index contributed by atoms with van der Waals surface area (Å²) in [5, 5.41) is 3.81. The van der Waals surface area contributed by atoms with E-state index in [1.807, 2.05) is 30.3 Å². The van der Waals surface area contributed by atoms with Crippen molar-refractivity contribution in [1.29, 1.82) is 0 Å². The second kappa shape index (κ2) is 6.53. The fourth-order valence-corrected chi connectivity index (χ4v) is 4.37. The van der Waals surface area contributed by atoms with Crippen LogP contribution < -0.4 is 0 Å². The van der Waals surface area contributed by atoms with Crippen LogP contribution in [-0.2, 0) is 5.75 Å². The molecule has 1 aliphatic carbocycles. The Morgan fingerprint density at radius 1 is 0.923 bits per heavy atom. The van der Waals surface area contributed by atoms with Crippen LogP contribution in [0, 0.1) is 0 Å². The van der Waals surface area contributed by atoms with Crippen LogP contribution in [0.3, 0.4) is 0 Å². The highest BCUT2D eigenvalue weighted by Gasteiger charge is 2.27. The summed E-state index contributed by atoms with van der Waals surface area (Å²) in [7, 11) is 0. The van der Waals surface area contributed by atoms with Gasteiger partial charge in [-0.3, -0.25) is 0 Å². The summed E-state index contributed by atoms with van der Waals surface area (Å²) < 4.78 is 0. The molecular formula is C21H16ClN3S. The first-order chi connectivity index (χ1) is 12.8. The van der Waals surface area contributed by atoms with E-state index in [4.69, 9.17) is 21.6 Å². The van der Waals surface area contributed by atoms with Crippen LogP contribution in [0.25, 0.3) is 21.8 Å². The van der Waals surface area contributed by atoms with Crippen molar-refractivity contribution in [3.05, 3.63) is 71.1 Å². The molecule has 0 bridgehead atoms. The van der Waals surface area contributed by atoms with E-state index in [-0.39, 0.29) is 0 Å². The number of benzene rings is 2. The number of hydrogen-bond acceptors (Lipinski definition) is 4. The van der Waals surface area contributed by atoms with E-state index in [1.165, 1.54) is 12.8 Å². The average molecular weight is 378 g/mol. The van der Waals surface area contributed by atoms with E-state index in [2.05, 4.69) is 29.2 Å². The Kier molecular flexibility index (Phi) is 4.03. The number of thioether (sulfide) groups is 1. The van der Waals surface area contributed by atoms with E-state index >= 15 is 0 Å². The van der Waals surface area contributed by atoms with Gasteiger partial charge in [-0.05, 0) is 31.0 Å². The third-order valence-corrected chi connectivity index (χ3v) is 6.01. The van der Waals surface area contributed by atoms with Gasteiger partial charge in [0.15, 0.2) is 0 Å². The molecule has 0 amide bonds. The number of fused-ring (bicyclic) bond motifs is 2. The first-order valence-electron chi connectivity index (χ1n) is 8.71. The van der Waals surface area contributed by atoms with Crippen LogP contribution >= 0.6 is 23.4 Å². The zero-order chi connectivity index (χ0) is 17.5. The third kappa shape index (κ3) is 3.04. The maximum absolute atomic E-state index is 6.42. The number of halogens is 1. The van der Waals surface area contributed by atoms with Gasteiger partial charge in [0, 0.05) is 28.0 Å². The van der Waals surface area contributed by atoms with Crippen LogP contribution in [0.2, 0.25) is 5.15 Å². The minimum absolute atomic E-state index is 0.532. The van der Waals surface area contributed by atoms with Gasteiger partial charge in [-0.1, -0.05) is 48.0 Å². The molecule has 2 heterocycles. The lowest BCUT2D eigenvalue weighted by molar-refractivity contribution is 0.905. The zero-order valence-corrected chi connectivity index (χ0v) is 15.6. The van der Waals surface area contributed by atoms with Gasteiger partial charge in [-0.15, -0.1) is 11.8 Å². The maximum Gasteiger partial charge on any atom is 0.133 e. The minimum Gasteiger partial charge on any atom is -0.236 e. The second-order valence-electron chi connectivity index (χ2n) is 6.60. The van der Waals surface area contributed by atoms with E-state index in [9.17, 15) is 0 Å². The highest BCUT2D eigenvalue weighted by Crippen LogP contribution is 2.40. The second-order valence-corrected chi connectivity index (χ2v) is 7.92. The zero-order valence-electron chi connectivity index (χ0n) is 14.0. The van der Waals surface area contributed by atoms with Gasteiger partial charge in [-0.2, -0.15) is 0 Å². The molecular weight excluding hydrogens is 362 g/mol. The molecule has 1 fully saturated rings. The van der Waals surface area contributed by atoms with Crippen LogP contribution in [0.15, 0.2) is 59.6 Å². The monoisotopic (exact) mass is 377 g/mol. The topological polar surface area (TPSA) is 38.7 Å². The van der Waals surface area contributed by atoms with Gasteiger partial charge in [0.2, 0.25) is 0 Å². The molecule has 128 valence electrons. The lowest BCUT2D eigenvalue weighted by atomic mass is 10.2. The number of para-hydroxylation sites is 2. The van der Waals surface area contributed by atoms with E-state index in [0.29, 0.717) is 11.1 Å². The third-order valence-electron chi connectivity index (χ3n) is 4.64. The molecule has 2 aromatic carbocycles. The first-order valence-corrected chi connectivity index (χ1v) is 10.1. The molecule has 0 saturated heterocycles. The predicted molar refractivity (Wildman–Crippen MR) is 108 cm³/mol. The summed E-state index contributed by atoms with van der Waals surface area (Å²) in [5.41, 5.74) is 2.98. The molecule has 0 N–H and O–H groups in total. The molecule has 1 saturated carbocycles. The van der Waals surface area contributed by atoms with Crippen molar-refractivity contribution in [2.75, 3.05) is 0 Å². The quantitative estimate of drug-likeness (QED) is 0.248. The van der Waals surface area contributed by atoms with Gasteiger partial charge < -0.3 is 0 Å². The Balaban J connectivity index is 1.51. The molecule has 5 heteroatoms. The summed E-state index contributed by atoms with van der Waals surface area (Å²) in [6.45, 7) is 0. The number of rotatable bonds is 4. The van der Waals surface area contributed by atoms with Crippen molar-refractivity contribution in [2.24, 2.45) is 0 Å². The minimum atomic E-state index is 0.532. The summed E-state index contributed by atoms with van der Waals surface area (Å²) in [5.74, 6) is 2.25. The Labute approximate surface area is 160 Å². The van der Waals surface area contributed by atoms with E-state index in [1.54, 1.807) is 11.8 Å². The highest BCUT2D eigenvalue weighted by molar-refractivity contribution is 7.98. The number of nitrogens with zero attached hydrogens (tertiary/aromatic N) is 3. The Hall–Kier alpha value is -2.17. The lowest BCUT2D eigenvalue weighted by Gasteiger charge is -2.09. The fraction of sp³-hybridized carbons (Fsp3) is 0.190. The molecule has 0 aliphatic heterocycles. The highest BCUT2D eigenvalue weighted by atomic mass is 35.5. The van der Waals surface area contributed by atoms with Crippen LogP contribution in [0.4, 0.5) is 0 Å². The molecule has 26 heavy (non-hydrogen) atoms. The van der Waals surface area contributed by atoms with Crippen LogP contribution in [0.5, 0.6) is 0 Å². The number of hydrogen-bond donors (Lipinski definition) is 0. The molecule has 2 aromatic heterocycles. The fourth-order valence-electron chi connectivity index (χ4n) is 3.08. The number of pyridine rings is 1. The first kappa shape index (κ1) is 16.0. The summed E-state index contributed by atoms with van der Waals surface area (Å²) in [6, 6.07) is 18.4. The van der Waals surface area contributed by atoms with Crippen LogP contribution in [0.1, 0.15) is 30.1 Å². The summed E-state index contributed by atoms with van der Waals surface area (Å²) >= 11 is 8.13. The van der Waals surface area contributed by atoms with Crippen molar-refractivity contribution >= 4 is 45.2 Å². The smallest absolute Gasteiger partial charge is 0.133 e. The molecule has 0 spiro atoms. The molecule has 0 unspecified atom stereocenters. The molecule has 5 rings (SSSR count). The normalized spacial score (nSPS) is 14.2. The van der Waals surface area contributed by atoms with Gasteiger partial charge in [-0.25, -0.2) is 15.0 Å². The maximum atomic E-state index is 6.42. The van der Waals surface area contributed by atoms with E-state index < -0.39 is 0 Å². The SMILES string of the molecule is Clc1nc2ccccc2cc1CSc1nc(C2CC2)nc2ccccc12. The lowest BCUT2D eigenvalue weighted by Crippen LogP contribution is -1.97. The van der Waals surface area contributed by atoms with Crippen molar-refractivity contribution in [3.63, 3.8) is 0 Å². The van der Waals surface area contributed by atoms with Gasteiger partial charge in [0.1, 0.15) is 16.0 Å². The molecule has 1 aliphatic rings. The molecule has 0 radical (unpaired) electrons. The summed E-state index contributed by atoms with van der Waals surface area (Å²) in [4.78, 5) is 14.1. The Morgan fingerprint density at radius 3 is 2.54 bits per heavy atom. The number of aromatic nitrogens is 3. The molecule has 3 nitrogen and oxygen atoms in total. The van der Waals surface area contributed by atoms with Crippen molar-refractivity contribution < 1.29 is 0 Å². The average Bonchev–Trinajstić information content (AvgIpc) is 3.51. The molecule has 0 atom stereocenters. The van der Waals surface area contributed by atoms with Gasteiger partial charge in [0.05, 0.1) is 11.0 Å². The predicted octanol–water partition coefficient (Wildman–Crippen LogP) is 6.00. The van der Waals surface area contributed by atoms with Crippen LogP contribution in [-0.4, -0.2) is 15.0 Å². The largest absolute Gasteiger partial charge is 0.236 e. The van der Waals surface area contributed by atoms with Crippen molar-refractivity contribution in [2.45, 2.75) is 29.5 Å². The van der Waals surface area contributed by atoms with Crippen molar-refractivity contribution in [3.8, 4) is 0 Å². The summed E-state index contributed by atoms with van der Waals surface area (Å²) in [6.07, 6.45) is 2.39.